The molecule has 2 N–H and O–H groups in total. The summed E-state index contributed by atoms with van der Waals surface area (Å²) < 4.78 is 33.6. The monoisotopic (exact) mass is 309 g/mol. The van der Waals surface area contributed by atoms with Crippen molar-refractivity contribution in [3.63, 3.8) is 0 Å². The van der Waals surface area contributed by atoms with Crippen LogP contribution in [-0.4, -0.2) is 24.9 Å². The quantitative estimate of drug-likeness (QED) is 0.786. The first-order valence-electron chi connectivity index (χ1n) is 6.79. The second-order valence-electron chi connectivity index (χ2n) is 4.47. The van der Waals surface area contributed by atoms with Crippen molar-refractivity contribution in [2.45, 2.75) is 13.2 Å². The third-order valence-electron chi connectivity index (χ3n) is 2.86. The summed E-state index contributed by atoms with van der Waals surface area (Å²) in [6.07, 6.45) is 0. The Bertz CT molecular complexity index is 559. The lowest BCUT2D eigenvalue weighted by molar-refractivity contribution is -0.0498. The molecule has 0 aliphatic heterocycles. The molecule has 0 saturated carbocycles. The van der Waals surface area contributed by atoms with Gasteiger partial charge in [-0.05, 0) is 42.0 Å². The molecule has 2 aromatic carbocycles. The molecular weight excluding hydrogens is 292 g/mol. The minimum absolute atomic E-state index is 0.0225. The maximum absolute atomic E-state index is 12.0. The second-order valence-corrected chi connectivity index (χ2v) is 4.47. The van der Waals surface area contributed by atoms with Crippen molar-refractivity contribution < 1.29 is 23.4 Å². The number of aliphatic hydroxyl groups excluding tert-OH is 1. The minimum Gasteiger partial charge on any atom is -0.491 e. The van der Waals surface area contributed by atoms with E-state index >= 15 is 0 Å². The van der Waals surface area contributed by atoms with Gasteiger partial charge in [0.25, 0.3) is 0 Å². The highest BCUT2D eigenvalue weighted by Gasteiger charge is 2.03. The van der Waals surface area contributed by atoms with Crippen LogP contribution in [0.15, 0.2) is 48.5 Å². The van der Waals surface area contributed by atoms with E-state index in [-0.39, 0.29) is 19.0 Å². The van der Waals surface area contributed by atoms with E-state index < -0.39 is 6.61 Å². The normalized spacial score (nSPS) is 10.5. The van der Waals surface area contributed by atoms with E-state index in [0.717, 1.165) is 11.3 Å². The molecule has 118 valence electrons. The smallest absolute Gasteiger partial charge is 0.387 e. The van der Waals surface area contributed by atoms with Crippen molar-refractivity contribution in [3.05, 3.63) is 54.1 Å². The Kier molecular flexibility index (Phi) is 5.97. The van der Waals surface area contributed by atoms with Crippen molar-refractivity contribution in [1.82, 2.24) is 0 Å². The number of halogens is 2. The molecule has 6 heteroatoms. The van der Waals surface area contributed by atoms with Crippen LogP contribution in [0.3, 0.4) is 0 Å². The Morgan fingerprint density at radius 2 is 1.59 bits per heavy atom. The van der Waals surface area contributed by atoms with E-state index in [1.54, 1.807) is 24.3 Å². The Hall–Kier alpha value is -2.34. The molecule has 4 nitrogen and oxygen atoms in total. The molecule has 0 radical (unpaired) electrons. The van der Waals surface area contributed by atoms with Gasteiger partial charge in [-0.3, -0.25) is 0 Å². The number of nitrogens with one attached hydrogen (secondary N) is 1. The van der Waals surface area contributed by atoms with Gasteiger partial charge >= 0.3 is 6.61 Å². The van der Waals surface area contributed by atoms with Gasteiger partial charge in [0.1, 0.15) is 18.1 Å². The highest BCUT2D eigenvalue weighted by Crippen LogP contribution is 2.18. The van der Waals surface area contributed by atoms with Crippen molar-refractivity contribution in [2.24, 2.45) is 0 Å². The van der Waals surface area contributed by atoms with Crippen LogP contribution in [0.1, 0.15) is 5.56 Å². The molecule has 22 heavy (non-hydrogen) atoms. The highest BCUT2D eigenvalue weighted by molar-refractivity contribution is 5.47. The largest absolute Gasteiger partial charge is 0.491 e. The summed E-state index contributed by atoms with van der Waals surface area (Å²) in [5.41, 5.74) is 1.85. The molecule has 0 aliphatic carbocycles. The first-order valence-corrected chi connectivity index (χ1v) is 6.79. The molecule has 0 fully saturated rings. The topological polar surface area (TPSA) is 50.7 Å². The number of anilines is 1. The zero-order valence-electron chi connectivity index (χ0n) is 11.8. The van der Waals surface area contributed by atoms with Gasteiger partial charge in [0.2, 0.25) is 0 Å². The van der Waals surface area contributed by atoms with Gasteiger partial charge in [-0.2, -0.15) is 8.78 Å². The molecule has 0 heterocycles. The molecular formula is C16H17F2NO3. The summed E-state index contributed by atoms with van der Waals surface area (Å²) in [4.78, 5) is 0. The van der Waals surface area contributed by atoms with E-state index in [2.05, 4.69) is 10.1 Å². The summed E-state index contributed by atoms with van der Waals surface area (Å²) >= 11 is 0. The fourth-order valence-electron chi connectivity index (χ4n) is 1.83. The van der Waals surface area contributed by atoms with E-state index in [0.29, 0.717) is 12.3 Å². The molecule has 0 bridgehead atoms. The van der Waals surface area contributed by atoms with Crippen LogP contribution in [0, 0.1) is 0 Å². The Balaban J connectivity index is 1.84. The third kappa shape index (κ3) is 5.21. The molecule has 0 atom stereocenters. The number of alkyl halides is 2. The fourth-order valence-corrected chi connectivity index (χ4v) is 1.83. The van der Waals surface area contributed by atoms with Gasteiger partial charge in [0.15, 0.2) is 0 Å². The van der Waals surface area contributed by atoms with Crippen LogP contribution in [0.2, 0.25) is 0 Å². The number of aliphatic hydroxyl groups is 1. The Morgan fingerprint density at radius 1 is 0.955 bits per heavy atom. The summed E-state index contributed by atoms with van der Waals surface area (Å²) in [7, 11) is 0. The van der Waals surface area contributed by atoms with Crippen LogP contribution in [0.5, 0.6) is 11.5 Å². The molecule has 2 aromatic rings. The summed E-state index contributed by atoms with van der Waals surface area (Å²) in [5, 5.41) is 11.9. The van der Waals surface area contributed by atoms with E-state index in [1.165, 1.54) is 12.1 Å². The molecule has 0 aliphatic rings. The van der Waals surface area contributed by atoms with E-state index in [4.69, 9.17) is 9.84 Å². The maximum atomic E-state index is 12.0. The average molecular weight is 309 g/mol. The Labute approximate surface area is 127 Å². The highest BCUT2D eigenvalue weighted by atomic mass is 19.3. The average Bonchev–Trinajstić information content (AvgIpc) is 2.53. The van der Waals surface area contributed by atoms with Gasteiger partial charge in [-0.1, -0.05) is 12.1 Å². The molecule has 0 aromatic heterocycles. The first kappa shape index (κ1) is 16.0. The van der Waals surface area contributed by atoms with Crippen molar-refractivity contribution in [3.8, 4) is 11.5 Å². The van der Waals surface area contributed by atoms with Crippen molar-refractivity contribution >= 4 is 5.69 Å². The van der Waals surface area contributed by atoms with Gasteiger partial charge in [-0.25, -0.2) is 0 Å². The number of ether oxygens (including phenoxy) is 2. The maximum Gasteiger partial charge on any atom is 0.387 e. The molecule has 0 spiro atoms. The summed E-state index contributed by atoms with van der Waals surface area (Å²) in [5.74, 6) is 0.831. The zero-order chi connectivity index (χ0) is 15.8. The summed E-state index contributed by atoms with van der Waals surface area (Å²) in [6.45, 7) is -2.01. The molecule has 0 saturated heterocycles. The third-order valence-corrected chi connectivity index (χ3v) is 2.86. The van der Waals surface area contributed by atoms with E-state index in [1.807, 2.05) is 12.1 Å². The number of benzene rings is 2. The van der Waals surface area contributed by atoms with Crippen LogP contribution in [-0.2, 0) is 6.54 Å². The fraction of sp³-hybridized carbons (Fsp3) is 0.250. The Morgan fingerprint density at radius 3 is 2.18 bits per heavy atom. The lowest BCUT2D eigenvalue weighted by Gasteiger charge is -2.09. The van der Waals surface area contributed by atoms with Crippen molar-refractivity contribution in [2.75, 3.05) is 18.5 Å². The first-order chi connectivity index (χ1) is 10.7. The predicted molar refractivity (Wildman–Crippen MR) is 79.4 cm³/mol. The lowest BCUT2D eigenvalue weighted by Crippen LogP contribution is -2.03. The van der Waals surface area contributed by atoms with Crippen LogP contribution in [0.25, 0.3) is 0 Å². The zero-order valence-corrected chi connectivity index (χ0v) is 11.8. The number of rotatable bonds is 8. The molecule has 0 unspecified atom stereocenters. The number of hydrogen-bond acceptors (Lipinski definition) is 4. The SMILES string of the molecule is OCCOc1ccc(NCc2ccc(OC(F)F)cc2)cc1. The lowest BCUT2D eigenvalue weighted by atomic mass is 10.2. The van der Waals surface area contributed by atoms with Crippen LogP contribution < -0.4 is 14.8 Å². The number of hydrogen-bond donors (Lipinski definition) is 2. The van der Waals surface area contributed by atoms with Gasteiger partial charge in [-0.15, -0.1) is 0 Å². The van der Waals surface area contributed by atoms with Crippen LogP contribution >= 0.6 is 0 Å². The summed E-state index contributed by atoms with van der Waals surface area (Å²) in [6, 6.07) is 13.8. The van der Waals surface area contributed by atoms with Gasteiger partial charge in [0.05, 0.1) is 6.61 Å². The van der Waals surface area contributed by atoms with Gasteiger partial charge in [0, 0.05) is 12.2 Å². The minimum atomic E-state index is -2.81. The standard InChI is InChI=1S/C16H17F2NO3/c17-16(18)22-15-5-1-12(2-6-15)11-19-13-3-7-14(8-4-13)21-10-9-20/h1-8,16,19-20H,9-11H2. The van der Waals surface area contributed by atoms with Gasteiger partial charge < -0.3 is 19.9 Å². The van der Waals surface area contributed by atoms with E-state index in [9.17, 15) is 8.78 Å². The van der Waals surface area contributed by atoms with Crippen molar-refractivity contribution in [1.29, 1.82) is 0 Å². The molecule has 0 amide bonds. The molecule has 2 rings (SSSR count). The van der Waals surface area contributed by atoms with Crippen LogP contribution in [0.4, 0.5) is 14.5 Å². The second kappa shape index (κ2) is 8.19. The predicted octanol–water partition coefficient (Wildman–Crippen LogP) is 3.27.